The molecular formula is C27H25N5O6S. The highest BCUT2D eigenvalue weighted by atomic mass is 32.2. The van der Waals surface area contributed by atoms with Gasteiger partial charge in [-0.15, -0.1) is 11.8 Å². The molecule has 2 heterocycles. The third kappa shape index (κ3) is 5.51. The smallest absolute Gasteiger partial charge is 0.335 e. The van der Waals surface area contributed by atoms with Crippen LogP contribution in [0, 0.1) is 11.3 Å². The average molecular weight is 548 g/mol. The fourth-order valence-corrected chi connectivity index (χ4v) is 5.12. The van der Waals surface area contributed by atoms with Crippen molar-refractivity contribution in [3.63, 3.8) is 0 Å². The quantitative estimate of drug-likeness (QED) is 0.170. The Morgan fingerprint density at radius 3 is 2.62 bits per heavy atom. The van der Waals surface area contributed by atoms with Crippen molar-refractivity contribution >= 4 is 40.4 Å². The number of aromatic carboxylic acids is 1. The van der Waals surface area contributed by atoms with Crippen molar-refractivity contribution in [3.8, 4) is 22.9 Å². The maximum atomic E-state index is 12.8. The molecule has 2 aromatic heterocycles. The Kier molecular flexibility index (Phi) is 8.36. The number of fused-ring (bicyclic) bond motifs is 1. The number of nitrogens with zero attached hydrogens (tertiary/aromatic N) is 3. The van der Waals surface area contributed by atoms with E-state index in [9.17, 15) is 20.0 Å². The largest absolute Gasteiger partial charge is 0.491 e. The highest BCUT2D eigenvalue weighted by Gasteiger charge is 2.27. The zero-order valence-electron chi connectivity index (χ0n) is 21.1. The van der Waals surface area contributed by atoms with Gasteiger partial charge in [0.25, 0.3) is 5.91 Å². The van der Waals surface area contributed by atoms with Crippen LogP contribution in [-0.4, -0.2) is 52.0 Å². The summed E-state index contributed by atoms with van der Waals surface area (Å²) in [6.07, 6.45) is 0. The average Bonchev–Trinajstić information content (AvgIpc) is 3.19. The van der Waals surface area contributed by atoms with Crippen LogP contribution in [0.3, 0.4) is 0 Å². The number of aliphatic hydroxyl groups excluding tert-OH is 1. The predicted octanol–water partition coefficient (Wildman–Crippen LogP) is 3.35. The van der Waals surface area contributed by atoms with Gasteiger partial charge < -0.3 is 25.3 Å². The number of hydrogen-bond acceptors (Lipinski definition) is 9. The number of carboxylic acids is 1. The molecule has 0 bridgehead atoms. The summed E-state index contributed by atoms with van der Waals surface area (Å²) in [5.41, 5.74) is 11.7. The Bertz CT molecular complexity index is 1590. The van der Waals surface area contributed by atoms with Gasteiger partial charge in [0.2, 0.25) is 0 Å². The number of carbonyl (C=O) groups is 2. The molecule has 0 saturated heterocycles. The predicted molar refractivity (Wildman–Crippen MR) is 145 cm³/mol. The molecular weight excluding hydrogens is 522 g/mol. The maximum absolute atomic E-state index is 12.8. The van der Waals surface area contributed by atoms with Gasteiger partial charge in [-0.3, -0.25) is 9.63 Å². The molecule has 0 aliphatic heterocycles. The lowest BCUT2D eigenvalue weighted by Gasteiger charge is -2.13. The van der Waals surface area contributed by atoms with Crippen LogP contribution >= 0.6 is 11.8 Å². The molecule has 0 aliphatic rings. The highest BCUT2D eigenvalue weighted by molar-refractivity contribution is 7.98. The van der Waals surface area contributed by atoms with Crippen LogP contribution in [0.5, 0.6) is 5.75 Å². The molecule has 0 aliphatic carbocycles. The second kappa shape index (κ2) is 11.9. The van der Waals surface area contributed by atoms with Gasteiger partial charge in [0.1, 0.15) is 34.8 Å². The van der Waals surface area contributed by atoms with E-state index in [1.165, 1.54) is 29.5 Å². The van der Waals surface area contributed by atoms with Crippen molar-refractivity contribution < 1.29 is 29.4 Å². The van der Waals surface area contributed by atoms with Crippen molar-refractivity contribution in [2.45, 2.75) is 10.8 Å². The normalized spacial score (nSPS) is 10.8. The summed E-state index contributed by atoms with van der Waals surface area (Å²) in [6, 6.07) is 15.7. The number of aromatic nitrogens is 2. The summed E-state index contributed by atoms with van der Waals surface area (Å²) in [7, 11) is 2.95. The van der Waals surface area contributed by atoms with E-state index in [0.29, 0.717) is 38.7 Å². The van der Waals surface area contributed by atoms with E-state index in [-0.39, 0.29) is 35.7 Å². The number of nitrogens with two attached hydrogens (primary N) is 1. The first-order chi connectivity index (χ1) is 18.8. The number of anilines is 1. The monoisotopic (exact) mass is 547 g/mol. The standard InChI is InChI=1S/C27H25N5O6S/c1-32-23(25(34)31-37-2)22(29)21-20(16-6-8-18(9-7-16)38-11-10-33)19(13-28)26(30-24(21)32)39-14-15-4-3-5-17(12-15)27(35)36/h3-9,12,33H,10-11,14,29H2,1-2H3,(H,31,34)(H,35,36). The number of hydrogen-bond donors (Lipinski definition) is 4. The van der Waals surface area contributed by atoms with Crippen LogP contribution in [0.25, 0.3) is 22.2 Å². The third-order valence-electron chi connectivity index (χ3n) is 5.90. The summed E-state index contributed by atoms with van der Waals surface area (Å²) >= 11 is 1.27. The molecule has 0 unspecified atom stereocenters. The lowest BCUT2D eigenvalue weighted by molar-refractivity contribution is 0.0530. The molecule has 4 rings (SSSR count). The molecule has 11 nitrogen and oxygen atoms in total. The van der Waals surface area contributed by atoms with Gasteiger partial charge >= 0.3 is 5.97 Å². The number of nitrogen functional groups attached to an aromatic ring is 1. The van der Waals surface area contributed by atoms with Crippen LogP contribution in [0.4, 0.5) is 5.69 Å². The Balaban J connectivity index is 1.90. The summed E-state index contributed by atoms with van der Waals surface area (Å²) < 4.78 is 7.00. The van der Waals surface area contributed by atoms with Gasteiger partial charge in [-0.1, -0.05) is 24.3 Å². The van der Waals surface area contributed by atoms with Crippen LogP contribution in [-0.2, 0) is 17.6 Å². The first kappa shape index (κ1) is 27.5. The zero-order chi connectivity index (χ0) is 28.1. The lowest BCUT2D eigenvalue weighted by atomic mass is 9.98. The minimum Gasteiger partial charge on any atom is -0.491 e. The van der Waals surface area contributed by atoms with Gasteiger partial charge in [0, 0.05) is 18.4 Å². The van der Waals surface area contributed by atoms with E-state index in [0.717, 1.165) is 5.56 Å². The number of amides is 1. The van der Waals surface area contributed by atoms with Crippen LogP contribution in [0.15, 0.2) is 53.6 Å². The Morgan fingerprint density at radius 2 is 1.97 bits per heavy atom. The second-order valence-electron chi connectivity index (χ2n) is 8.32. The number of aliphatic hydroxyl groups is 1. The van der Waals surface area contributed by atoms with Crippen LogP contribution in [0.1, 0.15) is 32.0 Å². The van der Waals surface area contributed by atoms with Crippen molar-refractivity contribution in [3.05, 3.63) is 70.9 Å². The van der Waals surface area contributed by atoms with Crippen molar-refractivity contribution in [1.29, 1.82) is 5.26 Å². The zero-order valence-corrected chi connectivity index (χ0v) is 21.9. The number of aryl methyl sites for hydroxylation is 1. The number of hydroxylamine groups is 1. The minimum absolute atomic E-state index is 0.115. The number of rotatable bonds is 10. The summed E-state index contributed by atoms with van der Waals surface area (Å²) in [5.74, 6) is -0.731. The van der Waals surface area contributed by atoms with Crippen molar-refractivity contribution in [1.82, 2.24) is 15.0 Å². The van der Waals surface area contributed by atoms with Gasteiger partial charge in [0.15, 0.2) is 0 Å². The topological polar surface area (TPSA) is 173 Å². The fraction of sp³-hybridized carbons (Fsp3) is 0.185. The van der Waals surface area contributed by atoms with Crippen LogP contribution in [0.2, 0.25) is 0 Å². The first-order valence-corrected chi connectivity index (χ1v) is 12.6. The van der Waals surface area contributed by atoms with Gasteiger partial charge in [-0.2, -0.15) is 5.26 Å². The number of pyridine rings is 1. The number of ether oxygens (including phenoxy) is 1. The molecule has 0 saturated carbocycles. The lowest BCUT2D eigenvalue weighted by Crippen LogP contribution is -2.25. The van der Waals surface area contributed by atoms with E-state index in [1.54, 1.807) is 49.5 Å². The minimum atomic E-state index is -1.03. The Hall–Kier alpha value is -4.57. The molecule has 200 valence electrons. The van der Waals surface area contributed by atoms with Crippen molar-refractivity contribution in [2.24, 2.45) is 7.05 Å². The summed E-state index contributed by atoms with van der Waals surface area (Å²) in [6.45, 7) is 0.00386. The van der Waals surface area contributed by atoms with E-state index in [4.69, 9.17) is 25.4 Å². The molecule has 39 heavy (non-hydrogen) atoms. The second-order valence-corrected chi connectivity index (χ2v) is 9.29. The molecule has 0 atom stereocenters. The molecule has 2 aromatic carbocycles. The first-order valence-electron chi connectivity index (χ1n) is 11.6. The molecule has 0 spiro atoms. The van der Waals surface area contributed by atoms with Gasteiger partial charge in [-0.25, -0.2) is 15.3 Å². The Labute approximate surface area is 227 Å². The maximum Gasteiger partial charge on any atom is 0.335 e. The van der Waals surface area contributed by atoms with Gasteiger partial charge in [0.05, 0.1) is 35.9 Å². The molecule has 0 radical (unpaired) electrons. The number of carboxylic acid groups (broad SMARTS) is 1. The summed E-state index contributed by atoms with van der Waals surface area (Å²) in [4.78, 5) is 33.7. The van der Waals surface area contributed by atoms with Crippen molar-refractivity contribution in [2.75, 3.05) is 26.1 Å². The number of thioether (sulfide) groups is 1. The summed E-state index contributed by atoms with van der Waals surface area (Å²) in [5, 5.41) is 29.5. The fourth-order valence-electron chi connectivity index (χ4n) is 4.19. The SMILES string of the molecule is CONC(=O)c1c(N)c2c(-c3ccc(OCCO)cc3)c(C#N)c(SCc3cccc(C(=O)O)c3)nc2n1C. The van der Waals surface area contributed by atoms with Gasteiger partial charge in [-0.05, 0) is 35.4 Å². The molecule has 1 amide bonds. The molecule has 0 fully saturated rings. The van der Waals surface area contributed by atoms with E-state index >= 15 is 0 Å². The van der Waals surface area contributed by atoms with E-state index in [1.807, 2.05) is 0 Å². The molecule has 12 heteroatoms. The molecule has 5 N–H and O–H groups in total. The van der Waals surface area contributed by atoms with E-state index < -0.39 is 11.9 Å². The number of carbonyl (C=O) groups excluding carboxylic acids is 1. The van der Waals surface area contributed by atoms with Crippen LogP contribution < -0.4 is 16.0 Å². The number of nitriles is 1. The third-order valence-corrected chi connectivity index (χ3v) is 6.94. The number of benzene rings is 2. The highest BCUT2D eigenvalue weighted by Crippen LogP contribution is 2.42. The van der Waals surface area contributed by atoms with E-state index in [2.05, 4.69) is 11.5 Å². The molecule has 4 aromatic rings. The number of nitrogens with one attached hydrogen (secondary N) is 1. The Morgan fingerprint density at radius 1 is 1.23 bits per heavy atom.